The summed E-state index contributed by atoms with van der Waals surface area (Å²) in [5.74, 6) is 0.495. The van der Waals surface area contributed by atoms with E-state index in [0.717, 1.165) is 0 Å². The minimum atomic E-state index is -3.56. The highest BCUT2D eigenvalue weighted by Gasteiger charge is 2.27. The summed E-state index contributed by atoms with van der Waals surface area (Å²) in [5.41, 5.74) is 0.386. The second-order valence-electron chi connectivity index (χ2n) is 6.12. The van der Waals surface area contributed by atoms with Gasteiger partial charge >= 0.3 is 0 Å². The van der Waals surface area contributed by atoms with Gasteiger partial charge in [-0.2, -0.15) is 4.31 Å². The molecule has 0 saturated heterocycles. The molecule has 0 saturated carbocycles. The molecule has 1 aliphatic rings. The molecule has 0 amide bonds. The van der Waals surface area contributed by atoms with Crippen molar-refractivity contribution in [1.29, 1.82) is 0 Å². The highest BCUT2D eigenvalue weighted by molar-refractivity contribution is 7.93. The first kappa shape index (κ1) is 17.9. The van der Waals surface area contributed by atoms with E-state index in [1.54, 1.807) is 18.2 Å². The molecule has 0 aromatic carbocycles. The van der Waals surface area contributed by atoms with Crippen molar-refractivity contribution in [2.75, 3.05) is 13.1 Å². The molecular weight excluding hydrogens is 286 g/mol. The van der Waals surface area contributed by atoms with Crippen molar-refractivity contribution in [2.24, 2.45) is 11.8 Å². The lowest BCUT2D eigenvalue weighted by Gasteiger charge is -2.26. The molecule has 4 nitrogen and oxygen atoms in total. The smallest absolute Gasteiger partial charge is 0.242 e. The predicted molar refractivity (Wildman–Crippen MR) is 86.2 cm³/mol. The van der Waals surface area contributed by atoms with Crippen LogP contribution in [0.3, 0.4) is 0 Å². The van der Waals surface area contributed by atoms with Gasteiger partial charge in [-0.05, 0) is 24.3 Å². The van der Waals surface area contributed by atoms with Crippen molar-refractivity contribution in [3.05, 3.63) is 34.8 Å². The Bertz CT molecular complexity index is 544. The van der Waals surface area contributed by atoms with Gasteiger partial charge in [-0.25, -0.2) is 8.42 Å². The molecule has 0 spiro atoms. The average Bonchev–Trinajstić information content (AvgIpc) is 2.62. The predicted octanol–water partition coefficient (Wildman–Crippen LogP) is 2.90. The second kappa shape index (κ2) is 7.71. The van der Waals surface area contributed by atoms with Gasteiger partial charge in [-0.1, -0.05) is 45.9 Å². The molecule has 5 heteroatoms. The van der Waals surface area contributed by atoms with Crippen LogP contribution in [0.15, 0.2) is 34.8 Å². The molecule has 0 unspecified atom stereocenters. The molecule has 0 N–H and O–H groups in total. The summed E-state index contributed by atoms with van der Waals surface area (Å²) in [5, 5.41) is 0. The number of carbonyl (C=O) groups excluding carboxylic acids is 1. The zero-order chi connectivity index (χ0) is 16.0. The van der Waals surface area contributed by atoms with E-state index in [1.807, 2.05) is 27.7 Å². The summed E-state index contributed by atoms with van der Waals surface area (Å²) >= 11 is 0. The Morgan fingerprint density at radius 2 is 1.76 bits per heavy atom. The summed E-state index contributed by atoms with van der Waals surface area (Å²) in [7, 11) is -3.56. The number of hydrogen-bond acceptors (Lipinski definition) is 3. The van der Waals surface area contributed by atoms with Crippen molar-refractivity contribution >= 4 is 16.3 Å². The fraction of sp³-hybridized carbons (Fsp3) is 0.562. The number of hydrogen-bond donors (Lipinski definition) is 0. The summed E-state index contributed by atoms with van der Waals surface area (Å²) in [6.07, 6.45) is 7.76. The number of nitrogens with zero attached hydrogens (tertiary/aromatic N) is 1. The highest BCUT2D eigenvalue weighted by Crippen LogP contribution is 2.22. The lowest BCUT2D eigenvalue weighted by atomic mass is 10.2. The summed E-state index contributed by atoms with van der Waals surface area (Å²) in [6.45, 7) is 8.96. The zero-order valence-corrected chi connectivity index (χ0v) is 14.1. The van der Waals surface area contributed by atoms with Crippen molar-refractivity contribution in [1.82, 2.24) is 4.31 Å². The molecule has 0 aromatic rings. The zero-order valence-electron chi connectivity index (χ0n) is 13.2. The Balaban J connectivity index is 3.15. The first-order chi connectivity index (χ1) is 9.77. The molecule has 1 rings (SSSR count). The number of carbonyl (C=O) groups is 1. The molecule has 0 bridgehead atoms. The van der Waals surface area contributed by atoms with Crippen molar-refractivity contribution in [2.45, 2.75) is 34.1 Å². The Hall–Kier alpha value is -1.20. The first-order valence-corrected chi connectivity index (χ1v) is 8.75. The van der Waals surface area contributed by atoms with Crippen molar-refractivity contribution < 1.29 is 13.2 Å². The maximum Gasteiger partial charge on any atom is 0.242 e. The van der Waals surface area contributed by atoms with Gasteiger partial charge in [0, 0.05) is 18.7 Å². The van der Waals surface area contributed by atoms with Gasteiger partial charge in [0.05, 0.1) is 4.91 Å². The van der Waals surface area contributed by atoms with E-state index >= 15 is 0 Å². The Labute approximate surface area is 128 Å². The van der Waals surface area contributed by atoms with Crippen molar-refractivity contribution in [3.63, 3.8) is 0 Å². The van der Waals surface area contributed by atoms with Crippen LogP contribution in [0.2, 0.25) is 0 Å². The average molecular weight is 311 g/mol. The lowest BCUT2D eigenvalue weighted by Crippen LogP contribution is -2.37. The van der Waals surface area contributed by atoms with Crippen LogP contribution in [0.4, 0.5) is 0 Å². The largest absolute Gasteiger partial charge is 0.298 e. The quantitative estimate of drug-likeness (QED) is 0.679. The molecule has 0 fully saturated rings. The molecule has 21 heavy (non-hydrogen) atoms. The van der Waals surface area contributed by atoms with Gasteiger partial charge in [0.15, 0.2) is 0 Å². The van der Waals surface area contributed by atoms with Crippen LogP contribution in [-0.2, 0) is 14.8 Å². The molecule has 0 radical (unpaired) electrons. The molecule has 0 aromatic heterocycles. The van der Waals surface area contributed by atoms with Crippen LogP contribution >= 0.6 is 0 Å². The third kappa shape index (κ3) is 5.25. The molecule has 0 aliphatic heterocycles. The van der Waals surface area contributed by atoms with Crippen LogP contribution in [0.5, 0.6) is 0 Å². The van der Waals surface area contributed by atoms with Gasteiger partial charge in [-0.3, -0.25) is 4.79 Å². The lowest BCUT2D eigenvalue weighted by molar-refractivity contribution is -0.104. The number of sulfonamides is 1. The van der Waals surface area contributed by atoms with E-state index in [-0.39, 0.29) is 16.7 Å². The molecule has 118 valence electrons. The fourth-order valence-electron chi connectivity index (χ4n) is 2.15. The molecule has 1 aliphatic carbocycles. The summed E-state index contributed by atoms with van der Waals surface area (Å²) < 4.78 is 27.2. The van der Waals surface area contributed by atoms with Crippen LogP contribution < -0.4 is 0 Å². The van der Waals surface area contributed by atoms with E-state index in [4.69, 9.17) is 0 Å². The highest BCUT2D eigenvalue weighted by atomic mass is 32.2. The normalized spacial score (nSPS) is 16.1. The van der Waals surface area contributed by atoms with Gasteiger partial charge in [-0.15, -0.1) is 0 Å². The second-order valence-corrected chi connectivity index (χ2v) is 8.05. The van der Waals surface area contributed by atoms with E-state index in [2.05, 4.69) is 0 Å². The minimum absolute atomic E-state index is 0.218. The minimum Gasteiger partial charge on any atom is -0.298 e. The standard InChI is InChI=1S/C16H25NO3S/c1-13(2)10-17(11-14(3)4)21(19,20)16-8-6-5-7-15(9-16)12-18/h5,7-9,12-14H,6,10-11H2,1-4H3. The van der Waals surface area contributed by atoms with Crippen LogP contribution in [-0.4, -0.2) is 32.1 Å². The van der Waals surface area contributed by atoms with Crippen molar-refractivity contribution in [3.8, 4) is 0 Å². The van der Waals surface area contributed by atoms with Crippen LogP contribution in [0, 0.1) is 11.8 Å². The Morgan fingerprint density at radius 3 is 2.24 bits per heavy atom. The summed E-state index contributed by atoms with van der Waals surface area (Å²) in [6, 6.07) is 0. The third-order valence-corrected chi connectivity index (χ3v) is 4.84. The number of allylic oxidation sites excluding steroid dienone is 5. The summed E-state index contributed by atoms with van der Waals surface area (Å²) in [4.78, 5) is 11.2. The number of aldehydes is 1. The SMILES string of the molecule is CC(C)CN(CC(C)C)S(=O)(=O)C1=CCC=CC(C=O)=C1. The Morgan fingerprint density at radius 1 is 1.19 bits per heavy atom. The molecule has 0 atom stereocenters. The van der Waals surface area contributed by atoms with Crippen LogP contribution in [0.25, 0.3) is 0 Å². The molecule has 0 heterocycles. The maximum atomic E-state index is 12.8. The van der Waals surface area contributed by atoms with E-state index < -0.39 is 10.0 Å². The van der Waals surface area contributed by atoms with Gasteiger partial charge in [0.2, 0.25) is 10.0 Å². The third-order valence-electron chi connectivity index (χ3n) is 2.99. The van der Waals surface area contributed by atoms with E-state index in [9.17, 15) is 13.2 Å². The first-order valence-electron chi connectivity index (χ1n) is 7.31. The fourth-order valence-corrected chi connectivity index (χ4v) is 4.03. The molecular formula is C16H25NO3S. The number of rotatable bonds is 7. The van der Waals surface area contributed by atoms with E-state index in [1.165, 1.54) is 10.4 Å². The van der Waals surface area contributed by atoms with Gasteiger partial charge in [0.1, 0.15) is 6.29 Å². The van der Waals surface area contributed by atoms with E-state index in [0.29, 0.717) is 31.4 Å². The van der Waals surface area contributed by atoms with Gasteiger partial charge in [0.25, 0.3) is 0 Å². The maximum absolute atomic E-state index is 12.8. The van der Waals surface area contributed by atoms with Crippen LogP contribution in [0.1, 0.15) is 34.1 Å². The Kier molecular flexibility index (Phi) is 6.55. The monoisotopic (exact) mass is 311 g/mol. The van der Waals surface area contributed by atoms with Gasteiger partial charge < -0.3 is 0 Å². The topological polar surface area (TPSA) is 54.5 Å².